The van der Waals surface area contributed by atoms with Gasteiger partial charge < -0.3 is 9.73 Å². The topological polar surface area (TPSA) is 38.1 Å². The van der Waals surface area contributed by atoms with Gasteiger partial charge in [-0.2, -0.15) is 0 Å². The van der Waals surface area contributed by atoms with Gasteiger partial charge in [0.2, 0.25) is 5.89 Å². The molecule has 0 radical (unpaired) electrons. The number of hydrogen-bond donors (Lipinski definition) is 1. The average molecular weight is 252 g/mol. The Labute approximate surface area is 104 Å². The van der Waals surface area contributed by atoms with Crippen LogP contribution in [0, 0.1) is 18.6 Å². The van der Waals surface area contributed by atoms with Crippen LogP contribution in [0.15, 0.2) is 28.8 Å². The van der Waals surface area contributed by atoms with E-state index in [1.54, 1.807) is 13.1 Å². The second-order valence-electron chi connectivity index (χ2n) is 4.11. The normalized spacial score (nSPS) is 12.7. The Bertz CT molecular complexity index is 519. The minimum absolute atomic E-state index is 0.0210. The fraction of sp³-hybridized carbons (Fsp3) is 0.308. The summed E-state index contributed by atoms with van der Waals surface area (Å²) in [5.74, 6) is 0.0940. The first-order chi connectivity index (χ1) is 8.58. The van der Waals surface area contributed by atoms with Gasteiger partial charge in [0.25, 0.3) is 0 Å². The number of benzene rings is 1. The van der Waals surface area contributed by atoms with E-state index in [0.29, 0.717) is 11.7 Å². The van der Waals surface area contributed by atoms with Crippen molar-refractivity contribution < 1.29 is 13.2 Å². The highest BCUT2D eigenvalue weighted by atomic mass is 19.1. The Morgan fingerprint density at radius 1 is 1.33 bits per heavy atom. The molecule has 2 aromatic rings. The average Bonchev–Trinajstić information content (AvgIpc) is 2.75. The SMILES string of the molecule is Cc1cnc(C(C)NCc2c(F)cccc2F)o1. The molecule has 0 aliphatic carbocycles. The number of rotatable bonds is 4. The molecule has 1 unspecified atom stereocenters. The summed E-state index contributed by atoms with van der Waals surface area (Å²) in [7, 11) is 0. The molecule has 0 aliphatic heterocycles. The van der Waals surface area contributed by atoms with Crippen LogP contribution in [0.5, 0.6) is 0 Å². The molecule has 1 N–H and O–H groups in total. The van der Waals surface area contributed by atoms with Crippen molar-refractivity contribution in [2.45, 2.75) is 26.4 Å². The number of aryl methyl sites for hydroxylation is 1. The molecule has 0 amide bonds. The van der Waals surface area contributed by atoms with E-state index < -0.39 is 11.6 Å². The molecule has 0 spiro atoms. The maximum Gasteiger partial charge on any atom is 0.211 e. The highest BCUT2D eigenvalue weighted by molar-refractivity contribution is 5.19. The summed E-state index contributed by atoms with van der Waals surface area (Å²) < 4.78 is 32.1. The number of nitrogens with zero attached hydrogens (tertiary/aromatic N) is 1. The van der Waals surface area contributed by atoms with E-state index in [-0.39, 0.29) is 18.2 Å². The van der Waals surface area contributed by atoms with Crippen molar-refractivity contribution in [3.05, 3.63) is 53.2 Å². The second-order valence-corrected chi connectivity index (χ2v) is 4.11. The van der Waals surface area contributed by atoms with Crippen molar-refractivity contribution in [2.75, 3.05) is 0 Å². The third-order valence-electron chi connectivity index (χ3n) is 2.66. The van der Waals surface area contributed by atoms with E-state index >= 15 is 0 Å². The highest BCUT2D eigenvalue weighted by Gasteiger charge is 2.13. The van der Waals surface area contributed by atoms with Crippen molar-refractivity contribution >= 4 is 0 Å². The van der Waals surface area contributed by atoms with Crippen LogP contribution >= 0.6 is 0 Å². The number of hydrogen-bond acceptors (Lipinski definition) is 3. The predicted octanol–water partition coefficient (Wildman–Crippen LogP) is 3.11. The van der Waals surface area contributed by atoms with Gasteiger partial charge in [0.15, 0.2) is 0 Å². The fourth-order valence-electron chi connectivity index (χ4n) is 1.62. The molecule has 1 aromatic carbocycles. The van der Waals surface area contributed by atoms with Gasteiger partial charge in [0.1, 0.15) is 17.4 Å². The predicted molar refractivity (Wildman–Crippen MR) is 62.9 cm³/mol. The molecule has 3 nitrogen and oxygen atoms in total. The maximum absolute atomic E-state index is 13.4. The Kier molecular flexibility index (Phi) is 3.72. The first-order valence-electron chi connectivity index (χ1n) is 5.66. The number of oxazole rings is 1. The molecule has 5 heteroatoms. The molecule has 2 rings (SSSR count). The van der Waals surface area contributed by atoms with Gasteiger partial charge >= 0.3 is 0 Å². The molecular formula is C13H14F2N2O. The quantitative estimate of drug-likeness (QED) is 0.908. The Balaban J connectivity index is 2.03. The standard InChI is InChI=1S/C13H14F2N2O/c1-8-6-17-13(18-8)9(2)16-7-10-11(14)4-3-5-12(10)15/h3-6,9,16H,7H2,1-2H3. The lowest BCUT2D eigenvalue weighted by Crippen LogP contribution is -2.19. The van der Waals surface area contributed by atoms with Gasteiger partial charge in [-0.15, -0.1) is 0 Å². The van der Waals surface area contributed by atoms with E-state index in [9.17, 15) is 8.78 Å². The molecular weight excluding hydrogens is 238 g/mol. The van der Waals surface area contributed by atoms with Crippen molar-refractivity contribution in [3.8, 4) is 0 Å². The van der Waals surface area contributed by atoms with E-state index in [0.717, 1.165) is 0 Å². The smallest absolute Gasteiger partial charge is 0.211 e. The van der Waals surface area contributed by atoms with Crippen LogP contribution in [0.4, 0.5) is 8.78 Å². The van der Waals surface area contributed by atoms with Crippen LogP contribution in [0.25, 0.3) is 0 Å². The number of nitrogens with one attached hydrogen (secondary N) is 1. The summed E-state index contributed by atoms with van der Waals surface area (Å²) >= 11 is 0. The van der Waals surface area contributed by atoms with Gasteiger partial charge in [-0.1, -0.05) is 6.07 Å². The van der Waals surface area contributed by atoms with Gasteiger partial charge in [-0.05, 0) is 26.0 Å². The number of aromatic nitrogens is 1. The Hall–Kier alpha value is -1.75. The fourth-order valence-corrected chi connectivity index (χ4v) is 1.62. The van der Waals surface area contributed by atoms with Crippen LogP contribution in [-0.4, -0.2) is 4.98 Å². The zero-order chi connectivity index (χ0) is 13.1. The first kappa shape index (κ1) is 12.7. The van der Waals surface area contributed by atoms with Crippen molar-refractivity contribution in [3.63, 3.8) is 0 Å². The minimum atomic E-state index is -0.557. The number of halogens is 2. The molecule has 0 saturated carbocycles. The lowest BCUT2D eigenvalue weighted by atomic mass is 10.2. The summed E-state index contributed by atoms with van der Waals surface area (Å²) in [6, 6.07) is 3.60. The van der Waals surface area contributed by atoms with Gasteiger partial charge in [0, 0.05) is 12.1 Å². The summed E-state index contributed by atoms with van der Waals surface area (Å²) in [4.78, 5) is 4.06. The van der Waals surface area contributed by atoms with Crippen LogP contribution in [0.1, 0.15) is 30.2 Å². The van der Waals surface area contributed by atoms with E-state index in [4.69, 9.17) is 4.42 Å². The van der Waals surface area contributed by atoms with Crippen molar-refractivity contribution in [2.24, 2.45) is 0 Å². The molecule has 96 valence electrons. The van der Waals surface area contributed by atoms with Crippen molar-refractivity contribution in [1.82, 2.24) is 10.3 Å². The van der Waals surface area contributed by atoms with Gasteiger partial charge in [0.05, 0.1) is 12.2 Å². The summed E-state index contributed by atoms with van der Waals surface area (Å²) in [6.45, 7) is 3.70. The molecule has 1 heterocycles. The molecule has 0 fully saturated rings. The van der Waals surface area contributed by atoms with Crippen molar-refractivity contribution in [1.29, 1.82) is 0 Å². The molecule has 0 bridgehead atoms. The van der Waals surface area contributed by atoms with Crippen LogP contribution in [0.3, 0.4) is 0 Å². The monoisotopic (exact) mass is 252 g/mol. The van der Waals surface area contributed by atoms with Gasteiger partial charge in [-0.25, -0.2) is 13.8 Å². The Morgan fingerprint density at radius 2 is 2.00 bits per heavy atom. The molecule has 1 atom stereocenters. The maximum atomic E-state index is 13.4. The first-order valence-corrected chi connectivity index (χ1v) is 5.66. The van der Waals surface area contributed by atoms with E-state index in [1.807, 2.05) is 6.92 Å². The van der Waals surface area contributed by atoms with E-state index in [1.165, 1.54) is 18.2 Å². The minimum Gasteiger partial charge on any atom is -0.444 e. The summed E-state index contributed by atoms with van der Waals surface area (Å²) in [5.41, 5.74) is 0.0210. The van der Waals surface area contributed by atoms with Crippen LogP contribution in [-0.2, 0) is 6.54 Å². The lowest BCUT2D eigenvalue weighted by Gasteiger charge is -2.11. The van der Waals surface area contributed by atoms with Crippen LogP contribution < -0.4 is 5.32 Å². The molecule has 1 aromatic heterocycles. The van der Waals surface area contributed by atoms with Gasteiger partial charge in [-0.3, -0.25) is 0 Å². The Morgan fingerprint density at radius 3 is 2.56 bits per heavy atom. The third kappa shape index (κ3) is 2.73. The second kappa shape index (κ2) is 5.27. The van der Waals surface area contributed by atoms with E-state index in [2.05, 4.69) is 10.3 Å². The van der Waals surface area contributed by atoms with Crippen LogP contribution in [0.2, 0.25) is 0 Å². The summed E-state index contributed by atoms with van der Waals surface area (Å²) in [5, 5.41) is 2.97. The lowest BCUT2D eigenvalue weighted by molar-refractivity contribution is 0.397. The molecule has 0 saturated heterocycles. The third-order valence-corrected chi connectivity index (χ3v) is 2.66. The zero-order valence-electron chi connectivity index (χ0n) is 10.2. The largest absolute Gasteiger partial charge is 0.444 e. The highest BCUT2D eigenvalue weighted by Crippen LogP contribution is 2.15. The molecule has 18 heavy (non-hydrogen) atoms. The summed E-state index contributed by atoms with van der Waals surface area (Å²) in [6.07, 6.45) is 1.61. The molecule has 0 aliphatic rings. The zero-order valence-corrected chi connectivity index (χ0v) is 10.2.